The van der Waals surface area contributed by atoms with Gasteiger partial charge in [0.05, 0.1) is 24.5 Å². The molecule has 178 valence electrons. The average molecular weight is 474 g/mol. The predicted molar refractivity (Wildman–Crippen MR) is 124 cm³/mol. The number of aromatic amines is 1. The summed E-state index contributed by atoms with van der Waals surface area (Å²) in [5, 5.41) is 6.70. The third-order valence-electron chi connectivity index (χ3n) is 5.98. The molecule has 10 nitrogen and oxygen atoms in total. The Labute approximate surface area is 200 Å². The van der Waals surface area contributed by atoms with Crippen LogP contribution in [0.25, 0.3) is 0 Å². The topological polar surface area (TPSA) is 137 Å². The fraction of sp³-hybridized carbons (Fsp3) is 0.200. The van der Waals surface area contributed by atoms with Crippen LogP contribution < -0.4 is 15.4 Å². The van der Waals surface area contributed by atoms with E-state index in [4.69, 9.17) is 19.9 Å². The maximum absolute atomic E-state index is 14.6. The van der Waals surface area contributed by atoms with Gasteiger partial charge in [0, 0.05) is 11.3 Å². The largest absolute Gasteiger partial charge is 0.462 e. The number of aromatic nitrogens is 2. The van der Waals surface area contributed by atoms with Crippen molar-refractivity contribution in [3.05, 3.63) is 82.9 Å². The summed E-state index contributed by atoms with van der Waals surface area (Å²) < 4.78 is 16.2. The van der Waals surface area contributed by atoms with Gasteiger partial charge in [-0.05, 0) is 32.0 Å². The van der Waals surface area contributed by atoms with Crippen molar-refractivity contribution in [1.29, 1.82) is 0 Å². The van der Waals surface area contributed by atoms with E-state index < -0.39 is 23.3 Å². The second kappa shape index (κ2) is 8.32. The van der Waals surface area contributed by atoms with E-state index in [9.17, 15) is 14.4 Å². The van der Waals surface area contributed by atoms with Gasteiger partial charge in [-0.1, -0.05) is 36.4 Å². The standard InChI is InChI=1S/C25H22N4O6/c1-3-33-22(30)18-20(26)35-21-17(19(27-28-21)23(31)34-4-2)25(18)15-12-8-9-13-16(15)29(24(25)32)14-10-6-5-7-11-14/h5-13H,3-4,26H2,1-2H3,(H,27,28). The Morgan fingerprint density at radius 3 is 2.40 bits per heavy atom. The first-order valence-corrected chi connectivity index (χ1v) is 11.1. The summed E-state index contributed by atoms with van der Waals surface area (Å²) >= 11 is 0. The van der Waals surface area contributed by atoms with Crippen molar-refractivity contribution in [2.75, 3.05) is 18.1 Å². The molecule has 10 heteroatoms. The molecule has 1 spiro atoms. The summed E-state index contributed by atoms with van der Waals surface area (Å²) in [5.74, 6) is -2.57. The molecule has 1 amide bonds. The third kappa shape index (κ3) is 3.03. The summed E-state index contributed by atoms with van der Waals surface area (Å²) in [6, 6.07) is 15.9. The van der Waals surface area contributed by atoms with Crippen LogP contribution in [-0.2, 0) is 24.5 Å². The zero-order chi connectivity index (χ0) is 24.7. The number of amides is 1. The second-order valence-electron chi connectivity index (χ2n) is 7.80. The van der Waals surface area contributed by atoms with Crippen molar-refractivity contribution in [3.63, 3.8) is 0 Å². The first-order valence-electron chi connectivity index (χ1n) is 11.1. The Balaban J connectivity index is 1.88. The molecule has 3 N–H and O–H groups in total. The van der Waals surface area contributed by atoms with Crippen molar-refractivity contribution >= 4 is 29.2 Å². The Morgan fingerprint density at radius 1 is 1.03 bits per heavy atom. The minimum atomic E-state index is -1.87. The van der Waals surface area contributed by atoms with Crippen LogP contribution in [0.2, 0.25) is 0 Å². The predicted octanol–water partition coefficient (Wildman–Crippen LogP) is 2.68. The number of hydrogen-bond acceptors (Lipinski definition) is 8. The zero-order valence-electron chi connectivity index (χ0n) is 19.0. The van der Waals surface area contributed by atoms with Crippen LogP contribution >= 0.6 is 0 Å². The number of ether oxygens (including phenoxy) is 3. The number of fused-ring (bicyclic) bond motifs is 4. The lowest BCUT2D eigenvalue weighted by Gasteiger charge is -2.34. The average Bonchev–Trinajstić information content (AvgIpc) is 3.38. The highest BCUT2D eigenvalue weighted by Gasteiger charge is 2.63. The number of nitrogens with one attached hydrogen (secondary N) is 1. The van der Waals surface area contributed by atoms with Gasteiger partial charge < -0.3 is 19.9 Å². The van der Waals surface area contributed by atoms with Gasteiger partial charge in [-0.15, -0.1) is 5.10 Å². The van der Waals surface area contributed by atoms with Gasteiger partial charge >= 0.3 is 11.9 Å². The Bertz CT molecular complexity index is 1380. The van der Waals surface area contributed by atoms with Crippen molar-refractivity contribution in [2.24, 2.45) is 5.73 Å². The van der Waals surface area contributed by atoms with Crippen LogP contribution in [0.15, 0.2) is 66.1 Å². The van der Waals surface area contributed by atoms with Crippen molar-refractivity contribution in [1.82, 2.24) is 10.2 Å². The van der Waals surface area contributed by atoms with Crippen LogP contribution in [0.5, 0.6) is 5.88 Å². The van der Waals surface area contributed by atoms with Crippen molar-refractivity contribution < 1.29 is 28.6 Å². The number of anilines is 2. The zero-order valence-corrected chi connectivity index (χ0v) is 19.0. The fourth-order valence-electron chi connectivity index (χ4n) is 4.71. The molecule has 1 aromatic heterocycles. The van der Waals surface area contributed by atoms with E-state index in [0.717, 1.165) is 0 Å². The van der Waals surface area contributed by atoms with Crippen LogP contribution in [0.1, 0.15) is 35.5 Å². The van der Waals surface area contributed by atoms with E-state index in [1.54, 1.807) is 62.4 Å². The number of hydrogen-bond donors (Lipinski definition) is 2. The molecule has 0 bridgehead atoms. The number of carbonyl (C=O) groups excluding carboxylic acids is 3. The highest BCUT2D eigenvalue weighted by Crippen LogP contribution is 2.57. The molecular weight excluding hydrogens is 452 g/mol. The van der Waals surface area contributed by atoms with E-state index >= 15 is 0 Å². The van der Waals surface area contributed by atoms with Crippen molar-refractivity contribution in [3.8, 4) is 5.88 Å². The molecule has 2 aromatic carbocycles. The molecular formula is C25H22N4O6. The van der Waals surface area contributed by atoms with Gasteiger partial charge in [0.25, 0.3) is 5.91 Å². The molecule has 0 saturated carbocycles. The molecule has 3 aromatic rings. The van der Waals surface area contributed by atoms with Gasteiger partial charge in [0.2, 0.25) is 11.8 Å². The van der Waals surface area contributed by atoms with Crippen LogP contribution in [0.3, 0.4) is 0 Å². The minimum Gasteiger partial charge on any atom is -0.462 e. The smallest absolute Gasteiger partial charge is 0.356 e. The van der Waals surface area contributed by atoms with Gasteiger partial charge in [0.1, 0.15) is 11.0 Å². The molecule has 2 aliphatic rings. The van der Waals surface area contributed by atoms with Crippen molar-refractivity contribution in [2.45, 2.75) is 19.3 Å². The van der Waals surface area contributed by atoms with Crippen LogP contribution in [-0.4, -0.2) is 41.3 Å². The first kappa shape index (κ1) is 22.2. The summed E-state index contributed by atoms with van der Waals surface area (Å²) in [4.78, 5) is 42.3. The molecule has 5 rings (SSSR count). The van der Waals surface area contributed by atoms with E-state index in [0.29, 0.717) is 16.9 Å². The van der Waals surface area contributed by atoms with E-state index in [1.807, 2.05) is 6.07 Å². The number of esters is 2. The quantitative estimate of drug-likeness (QED) is 0.539. The molecule has 3 heterocycles. The first-order chi connectivity index (χ1) is 17.0. The number of carbonyl (C=O) groups is 3. The Hall–Kier alpha value is -4.60. The number of rotatable bonds is 5. The molecule has 0 aliphatic carbocycles. The summed E-state index contributed by atoms with van der Waals surface area (Å²) in [7, 11) is 0. The van der Waals surface area contributed by atoms with E-state index in [2.05, 4.69) is 10.2 Å². The third-order valence-corrected chi connectivity index (χ3v) is 5.98. The second-order valence-corrected chi connectivity index (χ2v) is 7.80. The number of nitrogens with two attached hydrogens (primary N) is 1. The van der Waals surface area contributed by atoms with Gasteiger partial charge in [0.15, 0.2) is 5.69 Å². The Morgan fingerprint density at radius 2 is 1.69 bits per heavy atom. The highest BCUT2D eigenvalue weighted by molar-refractivity contribution is 6.22. The lowest BCUT2D eigenvalue weighted by Crippen LogP contribution is -2.48. The maximum atomic E-state index is 14.6. The normalized spacial score (nSPS) is 18.2. The molecule has 2 aliphatic heterocycles. The number of benzene rings is 2. The summed E-state index contributed by atoms with van der Waals surface area (Å²) in [6.07, 6.45) is 0. The van der Waals surface area contributed by atoms with E-state index in [1.165, 1.54) is 4.90 Å². The highest BCUT2D eigenvalue weighted by atomic mass is 16.5. The summed E-state index contributed by atoms with van der Waals surface area (Å²) in [5.41, 5.74) is 5.59. The number of nitrogens with zero attached hydrogens (tertiary/aromatic N) is 2. The molecule has 0 radical (unpaired) electrons. The molecule has 35 heavy (non-hydrogen) atoms. The van der Waals surface area contributed by atoms with Gasteiger partial charge in [-0.2, -0.15) is 0 Å². The van der Waals surface area contributed by atoms with Crippen LogP contribution in [0.4, 0.5) is 11.4 Å². The lowest BCUT2D eigenvalue weighted by molar-refractivity contribution is -0.140. The summed E-state index contributed by atoms with van der Waals surface area (Å²) in [6.45, 7) is 3.41. The maximum Gasteiger partial charge on any atom is 0.356 e. The van der Waals surface area contributed by atoms with E-state index in [-0.39, 0.29) is 41.8 Å². The van der Waals surface area contributed by atoms with Crippen LogP contribution in [0, 0.1) is 0 Å². The molecule has 1 atom stereocenters. The lowest BCUT2D eigenvalue weighted by atomic mass is 9.68. The fourth-order valence-corrected chi connectivity index (χ4v) is 4.71. The molecule has 0 fully saturated rings. The van der Waals surface area contributed by atoms with Gasteiger partial charge in [-0.25, -0.2) is 9.59 Å². The SMILES string of the molecule is CCOC(=O)C1=C(N)Oc2n[nH]c(C(=O)OCC)c2C12C(=O)N(c1ccccc1)c1ccccc12. The van der Waals surface area contributed by atoms with Gasteiger partial charge in [-0.3, -0.25) is 14.8 Å². The molecule has 1 unspecified atom stereocenters. The Kier molecular flexibility index (Phi) is 5.28. The molecule has 0 saturated heterocycles. The number of para-hydroxylation sites is 2. The minimum absolute atomic E-state index is 0.0346. The monoisotopic (exact) mass is 474 g/mol. The number of H-pyrrole nitrogens is 1.